The Morgan fingerprint density at radius 2 is 2.22 bits per heavy atom. The van der Waals surface area contributed by atoms with Crippen LogP contribution in [0.2, 0.25) is 0 Å². The van der Waals surface area contributed by atoms with E-state index < -0.39 is 0 Å². The van der Waals surface area contributed by atoms with Crippen LogP contribution in [-0.4, -0.2) is 60.5 Å². The quantitative estimate of drug-likeness (QED) is 0.777. The second-order valence-corrected chi connectivity index (χ2v) is 6.24. The molecule has 4 nitrogen and oxygen atoms in total. The largest absolute Gasteiger partial charge is 0.394 e. The first-order chi connectivity index (χ1) is 8.81. The van der Waals surface area contributed by atoms with Crippen LogP contribution in [0.5, 0.6) is 0 Å². The third-order valence-electron chi connectivity index (χ3n) is 5.03. The molecule has 3 aliphatic heterocycles. The summed E-state index contributed by atoms with van der Waals surface area (Å²) in [7, 11) is 0. The molecular formula is C14H26N2O2. The lowest BCUT2D eigenvalue weighted by Gasteiger charge is -2.44. The predicted octanol–water partition coefficient (Wildman–Crippen LogP) is 0.744. The van der Waals surface area contributed by atoms with Gasteiger partial charge in [0.1, 0.15) is 0 Å². The molecule has 0 aromatic carbocycles. The normalized spacial score (nSPS) is 41.2. The van der Waals surface area contributed by atoms with Crippen molar-refractivity contribution >= 4 is 0 Å². The first-order valence-electron chi connectivity index (χ1n) is 7.53. The molecule has 4 heteroatoms. The van der Waals surface area contributed by atoms with E-state index in [2.05, 4.69) is 10.2 Å². The minimum absolute atomic E-state index is 0.0442. The molecule has 0 aromatic heterocycles. The Morgan fingerprint density at radius 3 is 3.00 bits per heavy atom. The second-order valence-electron chi connectivity index (χ2n) is 6.24. The third kappa shape index (κ3) is 2.57. The highest BCUT2D eigenvalue weighted by Crippen LogP contribution is 2.33. The van der Waals surface area contributed by atoms with Gasteiger partial charge in [-0.25, -0.2) is 0 Å². The van der Waals surface area contributed by atoms with Crippen LogP contribution in [0, 0.1) is 0 Å². The fourth-order valence-corrected chi connectivity index (χ4v) is 3.83. The molecule has 0 aromatic rings. The number of nitrogens with one attached hydrogen (secondary N) is 1. The first-order valence-corrected chi connectivity index (χ1v) is 7.53. The van der Waals surface area contributed by atoms with Crippen molar-refractivity contribution in [3.05, 3.63) is 0 Å². The van der Waals surface area contributed by atoms with Gasteiger partial charge < -0.3 is 20.1 Å². The molecule has 18 heavy (non-hydrogen) atoms. The molecule has 3 rings (SSSR count). The molecule has 0 bridgehead atoms. The van der Waals surface area contributed by atoms with Gasteiger partial charge in [-0.2, -0.15) is 0 Å². The van der Waals surface area contributed by atoms with E-state index in [0.29, 0.717) is 12.1 Å². The van der Waals surface area contributed by atoms with Gasteiger partial charge in [0.25, 0.3) is 0 Å². The number of piperidine rings is 1. The van der Waals surface area contributed by atoms with Gasteiger partial charge in [-0.05, 0) is 45.1 Å². The molecule has 104 valence electrons. The van der Waals surface area contributed by atoms with E-state index in [1.165, 1.54) is 32.2 Å². The Labute approximate surface area is 110 Å². The zero-order valence-electron chi connectivity index (χ0n) is 11.2. The molecule has 0 aliphatic carbocycles. The van der Waals surface area contributed by atoms with Gasteiger partial charge in [0, 0.05) is 31.3 Å². The number of rotatable bonds is 4. The van der Waals surface area contributed by atoms with Crippen molar-refractivity contribution < 1.29 is 9.84 Å². The van der Waals surface area contributed by atoms with E-state index in [4.69, 9.17) is 4.74 Å². The number of aliphatic hydroxyl groups excluding tert-OH is 1. The highest BCUT2D eigenvalue weighted by Gasteiger charge is 2.41. The third-order valence-corrected chi connectivity index (χ3v) is 5.03. The van der Waals surface area contributed by atoms with Gasteiger partial charge in [0.2, 0.25) is 0 Å². The van der Waals surface area contributed by atoms with Crippen LogP contribution < -0.4 is 5.32 Å². The average molecular weight is 254 g/mol. The second kappa shape index (κ2) is 5.45. The van der Waals surface area contributed by atoms with Crippen molar-refractivity contribution in [2.24, 2.45) is 0 Å². The van der Waals surface area contributed by atoms with Crippen molar-refractivity contribution in [3.63, 3.8) is 0 Å². The molecule has 3 aliphatic rings. The van der Waals surface area contributed by atoms with Crippen molar-refractivity contribution in [1.82, 2.24) is 10.2 Å². The lowest BCUT2D eigenvalue weighted by atomic mass is 9.83. The summed E-state index contributed by atoms with van der Waals surface area (Å²) in [5.41, 5.74) is -0.0442. The average Bonchev–Trinajstić information content (AvgIpc) is 3.07. The minimum Gasteiger partial charge on any atom is -0.394 e. The molecule has 3 fully saturated rings. The summed E-state index contributed by atoms with van der Waals surface area (Å²) in [6, 6.07) is 0.697. The molecule has 0 radical (unpaired) electrons. The maximum absolute atomic E-state index is 9.81. The molecule has 2 N–H and O–H groups in total. The maximum atomic E-state index is 9.81. The summed E-state index contributed by atoms with van der Waals surface area (Å²) >= 11 is 0. The van der Waals surface area contributed by atoms with E-state index in [1.807, 2.05) is 0 Å². The van der Waals surface area contributed by atoms with Crippen LogP contribution in [0.25, 0.3) is 0 Å². The SMILES string of the molecule is OCC1(NCC2CCCO2)CCN2CCCC2C1. The lowest BCUT2D eigenvalue weighted by molar-refractivity contribution is 0.0411. The Balaban J connectivity index is 1.56. The van der Waals surface area contributed by atoms with E-state index in [-0.39, 0.29) is 12.1 Å². The number of nitrogens with zero attached hydrogens (tertiary/aromatic N) is 1. The summed E-state index contributed by atoms with van der Waals surface area (Å²) in [6.45, 7) is 4.49. The number of ether oxygens (including phenoxy) is 1. The highest BCUT2D eigenvalue weighted by molar-refractivity contribution is 4.99. The molecule has 3 saturated heterocycles. The number of aliphatic hydroxyl groups is 1. The lowest BCUT2D eigenvalue weighted by Crippen LogP contribution is -2.59. The number of fused-ring (bicyclic) bond motifs is 1. The highest BCUT2D eigenvalue weighted by atomic mass is 16.5. The van der Waals surface area contributed by atoms with Gasteiger partial charge >= 0.3 is 0 Å². The molecule has 0 spiro atoms. The van der Waals surface area contributed by atoms with Gasteiger partial charge in [-0.15, -0.1) is 0 Å². The van der Waals surface area contributed by atoms with Crippen molar-refractivity contribution in [2.45, 2.75) is 56.2 Å². The monoisotopic (exact) mass is 254 g/mol. The predicted molar refractivity (Wildman–Crippen MR) is 70.6 cm³/mol. The van der Waals surface area contributed by atoms with Gasteiger partial charge in [-0.3, -0.25) is 0 Å². The Hall–Kier alpha value is -0.160. The van der Waals surface area contributed by atoms with Gasteiger partial charge in [-0.1, -0.05) is 0 Å². The molecular weight excluding hydrogens is 228 g/mol. The summed E-state index contributed by atoms with van der Waals surface area (Å²) in [4.78, 5) is 2.60. The van der Waals surface area contributed by atoms with E-state index in [1.54, 1.807) is 0 Å². The molecule has 3 atom stereocenters. The van der Waals surface area contributed by atoms with Gasteiger partial charge in [0.15, 0.2) is 0 Å². The van der Waals surface area contributed by atoms with Crippen molar-refractivity contribution in [1.29, 1.82) is 0 Å². The van der Waals surface area contributed by atoms with Crippen LogP contribution in [0.3, 0.4) is 0 Å². The van der Waals surface area contributed by atoms with E-state index in [0.717, 1.165) is 32.5 Å². The maximum Gasteiger partial charge on any atom is 0.0700 e. The molecule has 3 heterocycles. The van der Waals surface area contributed by atoms with Crippen LogP contribution >= 0.6 is 0 Å². The summed E-state index contributed by atoms with van der Waals surface area (Å²) in [5, 5.41) is 13.5. The fraction of sp³-hybridized carbons (Fsp3) is 1.00. The Kier molecular flexibility index (Phi) is 3.89. The van der Waals surface area contributed by atoms with Crippen LogP contribution in [-0.2, 0) is 4.74 Å². The standard InChI is InChI=1S/C14H26N2O2/c17-11-14(15-10-13-4-2-8-18-13)5-7-16-6-1-3-12(16)9-14/h12-13,15,17H,1-11H2. The molecule has 3 unspecified atom stereocenters. The minimum atomic E-state index is -0.0442. The van der Waals surface area contributed by atoms with Crippen LogP contribution in [0.15, 0.2) is 0 Å². The van der Waals surface area contributed by atoms with E-state index >= 15 is 0 Å². The topological polar surface area (TPSA) is 44.7 Å². The summed E-state index contributed by atoms with van der Waals surface area (Å²) in [6.07, 6.45) is 7.55. The molecule has 0 saturated carbocycles. The Morgan fingerprint density at radius 1 is 1.28 bits per heavy atom. The Bertz CT molecular complexity index is 281. The zero-order chi connectivity index (χ0) is 12.4. The van der Waals surface area contributed by atoms with Crippen LogP contribution in [0.4, 0.5) is 0 Å². The summed E-state index contributed by atoms with van der Waals surface area (Å²) < 4.78 is 5.67. The van der Waals surface area contributed by atoms with E-state index in [9.17, 15) is 5.11 Å². The van der Waals surface area contributed by atoms with Crippen LogP contribution in [0.1, 0.15) is 38.5 Å². The number of hydrogen-bond acceptors (Lipinski definition) is 4. The fourth-order valence-electron chi connectivity index (χ4n) is 3.83. The van der Waals surface area contributed by atoms with Gasteiger partial charge in [0.05, 0.1) is 12.7 Å². The number of hydrogen-bond donors (Lipinski definition) is 2. The smallest absolute Gasteiger partial charge is 0.0700 e. The zero-order valence-corrected chi connectivity index (χ0v) is 11.2. The summed E-state index contributed by atoms with van der Waals surface area (Å²) in [5.74, 6) is 0. The van der Waals surface area contributed by atoms with Crippen molar-refractivity contribution in [3.8, 4) is 0 Å². The van der Waals surface area contributed by atoms with Crippen molar-refractivity contribution in [2.75, 3.05) is 32.8 Å². The molecule has 0 amide bonds. The first kappa shape index (κ1) is 12.9.